The van der Waals surface area contributed by atoms with Gasteiger partial charge in [-0.2, -0.15) is 0 Å². The highest BCUT2D eigenvalue weighted by Gasteiger charge is 2.40. The van der Waals surface area contributed by atoms with Crippen molar-refractivity contribution in [2.45, 2.75) is 12.0 Å². The Kier molecular flexibility index (Phi) is 4.97. The molecule has 3 atom stereocenters. The van der Waals surface area contributed by atoms with Crippen LogP contribution in [0.15, 0.2) is 54.6 Å². The van der Waals surface area contributed by atoms with Crippen molar-refractivity contribution in [1.82, 2.24) is 4.90 Å². The fourth-order valence-corrected chi connectivity index (χ4v) is 3.68. The fraction of sp³-hybridized carbons (Fsp3) is 0.263. The van der Waals surface area contributed by atoms with E-state index >= 15 is 0 Å². The Morgan fingerprint density at radius 1 is 1.12 bits per heavy atom. The van der Waals surface area contributed by atoms with Gasteiger partial charge in [0.2, 0.25) is 0 Å². The van der Waals surface area contributed by atoms with Crippen molar-refractivity contribution in [3.05, 3.63) is 70.7 Å². The molecule has 3 rings (SSSR count). The van der Waals surface area contributed by atoms with E-state index in [0.717, 1.165) is 11.8 Å². The van der Waals surface area contributed by atoms with Gasteiger partial charge in [0.05, 0.1) is 0 Å². The Hall–Kier alpha value is -2.17. The summed E-state index contributed by atoms with van der Waals surface area (Å²) in [5, 5.41) is 10.2. The Bertz CT molecular complexity index is 734. The summed E-state index contributed by atoms with van der Waals surface area (Å²) in [7, 11) is 0. The quantitative estimate of drug-likeness (QED) is 0.845. The molecule has 3 unspecified atom stereocenters. The molecule has 2 aromatic rings. The number of hydrogen-bond donors (Lipinski definition) is 1. The minimum absolute atomic E-state index is 0.00645. The summed E-state index contributed by atoms with van der Waals surface area (Å²) in [6.07, 6.45) is 0.934. The average molecular weight is 344 g/mol. The van der Waals surface area contributed by atoms with Crippen molar-refractivity contribution in [1.29, 1.82) is 0 Å². The van der Waals surface area contributed by atoms with Gasteiger partial charge in [-0.25, -0.2) is 0 Å². The second-order valence-corrected chi connectivity index (χ2v) is 6.44. The van der Waals surface area contributed by atoms with Crippen molar-refractivity contribution in [2.75, 3.05) is 13.1 Å². The zero-order valence-corrected chi connectivity index (χ0v) is 13.8. The lowest BCUT2D eigenvalue weighted by molar-refractivity contribution is -0.143. The first-order valence-electron chi connectivity index (χ1n) is 7.83. The standard InChI is InChI=1S/C19H18ClNO3/c20-17-9-5-4-8-15(17)18(19(23)24)21-10-14(12-22)16(11-21)13-6-2-1-3-7-13/h1-9,12,14,16,18H,10-11H2,(H,23,24). The zero-order chi connectivity index (χ0) is 17.1. The highest BCUT2D eigenvalue weighted by Crippen LogP contribution is 2.38. The SMILES string of the molecule is O=CC1CN(C(C(=O)O)c2ccccc2Cl)CC1c1ccccc1. The van der Waals surface area contributed by atoms with E-state index < -0.39 is 12.0 Å². The number of carbonyl (C=O) groups is 2. The van der Waals surface area contributed by atoms with Crippen LogP contribution in [0.5, 0.6) is 0 Å². The number of halogens is 1. The average Bonchev–Trinajstić information content (AvgIpc) is 3.01. The lowest BCUT2D eigenvalue weighted by Crippen LogP contribution is -2.33. The van der Waals surface area contributed by atoms with Gasteiger partial charge in [0, 0.05) is 29.9 Å². The van der Waals surface area contributed by atoms with E-state index in [1.54, 1.807) is 24.3 Å². The normalized spacial score (nSPS) is 22.2. The molecule has 4 nitrogen and oxygen atoms in total. The number of nitrogens with zero attached hydrogens (tertiary/aromatic N) is 1. The summed E-state index contributed by atoms with van der Waals surface area (Å²) in [4.78, 5) is 25.3. The highest BCUT2D eigenvalue weighted by atomic mass is 35.5. The molecule has 1 fully saturated rings. The van der Waals surface area contributed by atoms with Gasteiger partial charge in [0.15, 0.2) is 0 Å². The number of carbonyl (C=O) groups excluding carboxylic acids is 1. The lowest BCUT2D eigenvalue weighted by Gasteiger charge is -2.25. The van der Waals surface area contributed by atoms with Gasteiger partial charge in [-0.15, -0.1) is 0 Å². The molecule has 0 aliphatic carbocycles. The zero-order valence-electron chi connectivity index (χ0n) is 13.0. The monoisotopic (exact) mass is 343 g/mol. The molecule has 0 spiro atoms. The maximum atomic E-state index is 11.9. The smallest absolute Gasteiger partial charge is 0.325 e. The van der Waals surface area contributed by atoms with Crippen LogP contribution in [0, 0.1) is 5.92 Å². The number of carboxylic acids is 1. The molecular weight excluding hydrogens is 326 g/mol. The molecule has 1 N–H and O–H groups in total. The number of hydrogen-bond acceptors (Lipinski definition) is 3. The summed E-state index contributed by atoms with van der Waals surface area (Å²) in [6.45, 7) is 0.918. The second kappa shape index (κ2) is 7.16. The predicted octanol–water partition coefficient (Wildman–Crippen LogP) is 3.38. The molecule has 1 aliphatic rings. The van der Waals surface area contributed by atoms with E-state index in [0.29, 0.717) is 23.7 Å². The van der Waals surface area contributed by atoms with E-state index in [4.69, 9.17) is 11.6 Å². The number of benzene rings is 2. The van der Waals surface area contributed by atoms with Gasteiger partial charge in [-0.05, 0) is 17.2 Å². The van der Waals surface area contributed by atoms with E-state index in [-0.39, 0.29) is 11.8 Å². The molecule has 0 radical (unpaired) electrons. The van der Waals surface area contributed by atoms with Gasteiger partial charge >= 0.3 is 5.97 Å². The molecule has 2 aromatic carbocycles. The van der Waals surface area contributed by atoms with Crippen molar-refractivity contribution >= 4 is 23.9 Å². The van der Waals surface area contributed by atoms with E-state index in [1.807, 2.05) is 35.2 Å². The van der Waals surface area contributed by atoms with E-state index in [1.165, 1.54) is 0 Å². The van der Waals surface area contributed by atoms with Crippen LogP contribution in [-0.4, -0.2) is 35.4 Å². The minimum Gasteiger partial charge on any atom is -0.480 e. The molecule has 0 aromatic heterocycles. The molecule has 0 saturated carbocycles. The number of likely N-dealkylation sites (tertiary alicyclic amines) is 1. The summed E-state index contributed by atoms with van der Waals surface area (Å²) < 4.78 is 0. The van der Waals surface area contributed by atoms with Crippen LogP contribution < -0.4 is 0 Å². The second-order valence-electron chi connectivity index (χ2n) is 6.03. The third-order valence-corrected chi connectivity index (χ3v) is 4.94. The van der Waals surface area contributed by atoms with E-state index in [2.05, 4.69) is 0 Å². The molecule has 124 valence electrons. The third-order valence-electron chi connectivity index (χ3n) is 4.59. The Morgan fingerprint density at radius 3 is 2.42 bits per heavy atom. The number of aliphatic carboxylic acids is 1. The van der Waals surface area contributed by atoms with Gasteiger partial charge in [0.1, 0.15) is 12.3 Å². The topological polar surface area (TPSA) is 57.6 Å². The summed E-state index contributed by atoms with van der Waals surface area (Å²) in [6, 6.07) is 15.9. The number of rotatable bonds is 5. The maximum absolute atomic E-state index is 11.9. The molecule has 1 aliphatic heterocycles. The van der Waals surface area contributed by atoms with Gasteiger partial charge < -0.3 is 9.90 Å². The van der Waals surface area contributed by atoms with Crippen molar-refractivity contribution < 1.29 is 14.7 Å². The summed E-state index contributed by atoms with van der Waals surface area (Å²) in [5.74, 6) is -1.19. The number of aldehydes is 1. The molecule has 24 heavy (non-hydrogen) atoms. The van der Waals surface area contributed by atoms with Crippen LogP contribution in [0.25, 0.3) is 0 Å². The van der Waals surface area contributed by atoms with Gasteiger partial charge in [-0.1, -0.05) is 60.1 Å². The minimum atomic E-state index is -0.957. The molecule has 0 bridgehead atoms. The van der Waals surface area contributed by atoms with Crippen LogP contribution in [0.1, 0.15) is 23.1 Å². The van der Waals surface area contributed by atoms with Crippen LogP contribution in [0.4, 0.5) is 0 Å². The van der Waals surface area contributed by atoms with Crippen molar-refractivity contribution in [2.24, 2.45) is 5.92 Å². The molecule has 5 heteroatoms. The van der Waals surface area contributed by atoms with Crippen LogP contribution in [0.3, 0.4) is 0 Å². The lowest BCUT2D eigenvalue weighted by atomic mass is 9.90. The molecule has 0 amide bonds. The van der Waals surface area contributed by atoms with Crippen molar-refractivity contribution in [3.8, 4) is 0 Å². The fourth-order valence-electron chi connectivity index (χ4n) is 3.44. The van der Waals surface area contributed by atoms with Gasteiger partial charge in [-0.3, -0.25) is 9.69 Å². The first-order chi connectivity index (χ1) is 11.6. The summed E-state index contributed by atoms with van der Waals surface area (Å²) >= 11 is 6.21. The molecular formula is C19H18ClNO3. The van der Waals surface area contributed by atoms with Crippen LogP contribution >= 0.6 is 11.6 Å². The Balaban J connectivity index is 1.92. The van der Waals surface area contributed by atoms with Crippen LogP contribution in [-0.2, 0) is 9.59 Å². The van der Waals surface area contributed by atoms with Crippen molar-refractivity contribution in [3.63, 3.8) is 0 Å². The first-order valence-corrected chi connectivity index (χ1v) is 8.21. The highest BCUT2D eigenvalue weighted by molar-refractivity contribution is 6.31. The molecule has 1 heterocycles. The Morgan fingerprint density at radius 2 is 1.79 bits per heavy atom. The Labute approximate surface area is 145 Å². The molecule has 1 saturated heterocycles. The first kappa shape index (κ1) is 16.7. The van der Waals surface area contributed by atoms with Crippen LogP contribution in [0.2, 0.25) is 5.02 Å². The largest absolute Gasteiger partial charge is 0.480 e. The predicted molar refractivity (Wildman–Crippen MR) is 92.1 cm³/mol. The third kappa shape index (κ3) is 3.21. The van der Waals surface area contributed by atoms with E-state index in [9.17, 15) is 14.7 Å². The summed E-state index contributed by atoms with van der Waals surface area (Å²) in [5.41, 5.74) is 1.62. The maximum Gasteiger partial charge on any atom is 0.325 e. The number of carboxylic acid groups (broad SMARTS) is 1. The van der Waals surface area contributed by atoms with Gasteiger partial charge in [0.25, 0.3) is 0 Å².